The van der Waals surface area contributed by atoms with Crippen molar-refractivity contribution in [3.8, 4) is 0 Å². The fourth-order valence-corrected chi connectivity index (χ4v) is 3.43. The second-order valence-electron chi connectivity index (χ2n) is 5.44. The van der Waals surface area contributed by atoms with Gasteiger partial charge in [0.15, 0.2) is 0 Å². The van der Waals surface area contributed by atoms with E-state index in [0.717, 1.165) is 35.6 Å². The van der Waals surface area contributed by atoms with Crippen molar-refractivity contribution in [1.29, 1.82) is 0 Å². The van der Waals surface area contributed by atoms with Gasteiger partial charge < -0.3 is 10.1 Å². The van der Waals surface area contributed by atoms with Crippen LogP contribution in [0.15, 0.2) is 22.7 Å². The average molecular weight is 347 g/mol. The van der Waals surface area contributed by atoms with Crippen LogP contribution in [0.2, 0.25) is 5.02 Å². The van der Waals surface area contributed by atoms with Crippen molar-refractivity contribution in [2.24, 2.45) is 5.41 Å². The number of hydrogen-bond donors (Lipinski definition) is 1. The third kappa shape index (κ3) is 4.19. The molecule has 19 heavy (non-hydrogen) atoms. The van der Waals surface area contributed by atoms with Crippen LogP contribution in [-0.2, 0) is 11.2 Å². The Labute approximate surface area is 129 Å². The fourth-order valence-electron chi connectivity index (χ4n) is 2.69. The number of benzene rings is 1. The zero-order chi connectivity index (χ0) is 13.7. The number of methoxy groups -OCH3 is 1. The van der Waals surface area contributed by atoms with Crippen LogP contribution >= 0.6 is 27.5 Å². The largest absolute Gasteiger partial charge is 0.383 e. The van der Waals surface area contributed by atoms with E-state index in [4.69, 9.17) is 16.3 Å². The summed E-state index contributed by atoms with van der Waals surface area (Å²) >= 11 is 9.79. The second kappa shape index (κ2) is 7.07. The highest BCUT2D eigenvalue weighted by Gasteiger charge is 2.36. The van der Waals surface area contributed by atoms with Crippen LogP contribution in [0.25, 0.3) is 0 Å². The average Bonchev–Trinajstić information content (AvgIpc) is 2.34. The number of rotatable bonds is 7. The molecular weight excluding hydrogens is 326 g/mol. The van der Waals surface area contributed by atoms with Crippen LogP contribution in [0.1, 0.15) is 24.8 Å². The Balaban J connectivity index is 1.94. The Hall–Kier alpha value is -0.0900. The zero-order valence-electron chi connectivity index (χ0n) is 11.3. The summed E-state index contributed by atoms with van der Waals surface area (Å²) in [6, 6.07) is 6.20. The van der Waals surface area contributed by atoms with Gasteiger partial charge in [-0.05, 0) is 42.4 Å². The lowest BCUT2D eigenvalue weighted by Gasteiger charge is -2.42. The van der Waals surface area contributed by atoms with E-state index in [9.17, 15) is 0 Å². The molecule has 0 amide bonds. The molecule has 1 fully saturated rings. The number of hydrogen-bond acceptors (Lipinski definition) is 2. The highest BCUT2D eigenvalue weighted by molar-refractivity contribution is 9.10. The summed E-state index contributed by atoms with van der Waals surface area (Å²) in [5.41, 5.74) is 1.66. The first kappa shape index (κ1) is 15.3. The minimum atomic E-state index is 0.394. The van der Waals surface area contributed by atoms with Crippen molar-refractivity contribution in [3.63, 3.8) is 0 Å². The highest BCUT2D eigenvalue weighted by Crippen LogP contribution is 2.44. The van der Waals surface area contributed by atoms with Crippen LogP contribution in [0.5, 0.6) is 0 Å². The molecule has 1 saturated carbocycles. The zero-order valence-corrected chi connectivity index (χ0v) is 13.7. The third-order valence-corrected chi connectivity index (χ3v) is 4.82. The summed E-state index contributed by atoms with van der Waals surface area (Å²) in [6.07, 6.45) is 4.98. The first-order chi connectivity index (χ1) is 9.15. The lowest BCUT2D eigenvalue weighted by Crippen LogP contribution is -2.42. The fraction of sp³-hybridized carbons (Fsp3) is 0.600. The van der Waals surface area contributed by atoms with Crippen molar-refractivity contribution in [1.82, 2.24) is 5.32 Å². The Morgan fingerprint density at radius 3 is 2.79 bits per heavy atom. The summed E-state index contributed by atoms with van der Waals surface area (Å²) in [7, 11) is 1.74. The van der Waals surface area contributed by atoms with Gasteiger partial charge in [-0.15, -0.1) is 0 Å². The minimum absolute atomic E-state index is 0.394. The first-order valence-corrected chi connectivity index (χ1v) is 7.96. The summed E-state index contributed by atoms with van der Waals surface area (Å²) in [5.74, 6) is 0. The standard InChI is InChI=1S/C15H21BrClNO/c1-19-8-7-18-11-15(5-2-6-15)10-12-3-4-13(16)9-14(12)17/h3-4,9,18H,2,5-8,10-11H2,1H3. The molecule has 2 rings (SSSR count). The van der Waals surface area contributed by atoms with Crippen molar-refractivity contribution < 1.29 is 4.74 Å². The number of halogens is 2. The first-order valence-electron chi connectivity index (χ1n) is 6.79. The highest BCUT2D eigenvalue weighted by atomic mass is 79.9. The maximum atomic E-state index is 6.33. The van der Waals surface area contributed by atoms with Crippen molar-refractivity contribution in [2.75, 3.05) is 26.8 Å². The molecule has 0 radical (unpaired) electrons. The summed E-state index contributed by atoms with van der Waals surface area (Å²) < 4.78 is 6.11. The topological polar surface area (TPSA) is 21.3 Å². The van der Waals surface area contributed by atoms with Gasteiger partial charge in [0.1, 0.15) is 0 Å². The van der Waals surface area contributed by atoms with Crippen molar-refractivity contribution in [2.45, 2.75) is 25.7 Å². The molecular formula is C15H21BrClNO. The van der Waals surface area contributed by atoms with E-state index < -0.39 is 0 Å². The minimum Gasteiger partial charge on any atom is -0.383 e. The van der Waals surface area contributed by atoms with Gasteiger partial charge in [0.2, 0.25) is 0 Å². The molecule has 1 N–H and O–H groups in total. The predicted molar refractivity (Wildman–Crippen MR) is 83.9 cm³/mol. The van der Waals surface area contributed by atoms with Crippen LogP contribution in [0.3, 0.4) is 0 Å². The van der Waals surface area contributed by atoms with E-state index in [1.54, 1.807) is 7.11 Å². The van der Waals surface area contributed by atoms with E-state index in [2.05, 4.69) is 33.4 Å². The normalized spacial score (nSPS) is 17.2. The summed E-state index contributed by atoms with van der Waals surface area (Å²) in [6.45, 7) is 2.75. The van der Waals surface area contributed by atoms with Gasteiger partial charge in [-0.2, -0.15) is 0 Å². The van der Waals surface area contributed by atoms with Gasteiger partial charge in [-0.25, -0.2) is 0 Å². The Bertz CT molecular complexity index is 421. The SMILES string of the molecule is COCCNCC1(Cc2ccc(Br)cc2Cl)CCC1. The van der Waals surface area contributed by atoms with Crippen LogP contribution in [-0.4, -0.2) is 26.8 Å². The van der Waals surface area contributed by atoms with Gasteiger partial charge >= 0.3 is 0 Å². The maximum absolute atomic E-state index is 6.33. The summed E-state index contributed by atoms with van der Waals surface area (Å²) in [4.78, 5) is 0. The molecule has 1 aliphatic carbocycles. The second-order valence-corrected chi connectivity index (χ2v) is 6.76. The summed E-state index contributed by atoms with van der Waals surface area (Å²) in [5, 5.41) is 4.38. The molecule has 1 aromatic carbocycles. The van der Waals surface area contributed by atoms with Gasteiger partial charge in [0.05, 0.1) is 6.61 Å². The van der Waals surface area contributed by atoms with Crippen LogP contribution in [0.4, 0.5) is 0 Å². The molecule has 106 valence electrons. The predicted octanol–water partition coefficient (Wildman–Crippen LogP) is 4.05. The van der Waals surface area contributed by atoms with E-state index in [-0.39, 0.29) is 0 Å². The monoisotopic (exact) mass is 345 g/mol. The Morgan fingerprint density at radius 2 is 2.21 bits per heavy atom. The molecule has 0 spiro atoms. The molecule has 0 unspecified atom stereocenters. The van der Waals surface area contributed by atoms with Crippen LogP contribution < -0.4 is 5.32 Å². The molecule has 0 atom stereocenters. The van der Waals surface area contributed by atoms with Crippen LogP contribution in [0, 0.1) is 5.41 Å². The van der Waals surface area contributed by atoms with E-state index in [1.807, 2.05) is 6.07 Å². The van der Waals surface area contributed by atoms with Gasteiger partial charge in [0.25, 0.3) is 0 Å². The van der Waals surface area contributed by atoms with Gasteiger partial charge in [-0.3, -0.25) is 0 Å². The molecule has 0 bridgehead atoms. The molecule has 1 aromatic rings. The van der Waals surface area contributed by atoms with Gasteiger partial charge in [-0.1, -0.05) is 40.0 Å². The lowest BCUT2D eigenvalue weighted by atomic mass is 9.65. The molecule has 0 heterocycles. The molecule has 0 aliphatic heterocycles. The lowest BCUT2D eigenvalue weighted by molar-refractivity contribution is 0.123. The molecule has 4 heteroatoms. The smallest absolute Gasteiger partial charge is 0.0587 e. The number of ether oxygens (including phenoxy) is 1. The molecule has 1 aliphatic rings. The van der Waals surface area contributed by atoms with E-state index in [0.29, 0.717) is 5.41 Å². The Kier molecular flexibility index (Phi) is 5.70. The van der Waals surface area contributed by atoms with Crippen molar-refractivity contribution in [3.05, 3.63) is 33.3 Å². The quantitative estimate of drug-likeness (QED) is 0.752. The van der Waals surface area contributed by atoms with E-state index >= 15 is 0 Å². The van der Waals surface area contributed by atoms with Gasteiger partial charge in [0, 0.05) is 29.7 Å². The molecule has 0 aromatic heterocycles. The number of nitrogens with one attached hydrogen (secondary N) is 1. The molecule has 2 nitrogen and oxygen atoms in total. The third-order valence-electron chi connectivity index (χ3n) is 3.98. The van der Waals surface area contributed by atoms with Crippen molar-refractivity contribution >= 4 is 27.5 Å². The molecule has 0 saturated heterocycles. The Morgan fingerprint density at radius 1 is 1.42 bits per heavy atom. The maximum Gasteiger partial charge on any atom is 0.0587 e. The van der Waals surface area contributed by atoms with E-state index in [1.165, 1.54) is 24.8 Å².